The molecule has 2 aliphatic rings. The Hall–Kier alpha value is -2.50. The van der Waals surface area contributed by atoms with Crippen LogP contribution in [0, 0.1) is 5.41 Å². The predicted molar refractivity (Wildman–Crippen MR) is 108 cm³/mol. The fourth-order valence-electron chi connectivity index (χ4n) is 5.45. The van der Waals surface area contributed by atoms with E-state index in [2.05, 4.69) is 29.2 Å². The van der Waals surface area contributed by atoms with Crippen molar-refractivity contribution in [2.75, 3.05) is 6.61 Å². The number of nitrogens with zero attached hydrogens (tertiary/aromatic N) is 3. The molecule has 0 aliphatic carbocycles. The highest BCUT2D eigenvalue weighted by Gasteiger charge is 2.55. The van der Waals surface area contributed by atoms with Gasteiger partial charge in [0.15, 0.2) is 0 Å². The van der Waals surface area contributed by atoms with Gasteiger partial charge >= 0.3 is 0 Å². The lowest BCUT2D eigenvalue weighted by atomic mass is 9.70. The van der Waals surface area contributed by atoms with Crippen molar-refractivity contribution in [3.8, 4) is 0 Å². The maximum atomic E-state index is 12.4. The second kappa shape index (κ2) is 6.83. The molecule has 144 valence electrons. The molecule has 0 amide bonds. The van der Waals surface area contributed by atoms with E-state index in [-0.39, 0.29) is 17.6 Å². The number of hydrogen-bond donors (Lipinski definition) is 1. The molecule has 0 saturated carbocycles. The Balaban J connectivity index is 1.43. The molecular weight excluding hydrogens is 350 g/mol. The summed E-state index contributed by atoms with van der Waals surface area (Å²) >= 11 is 0. The van der Waals surface area contributed by atoms with Crippen molar-refractivity contribution in [3.05, 3.63) is 82.4 Å². The molecule has 5 rings (SSSR count). The molecule has 0 radical (unpaired) electrons. The zero-order valence-electron chi connectivity index (χ0n) is 15.9. The van der Waals surface area contributed by atoms with Crippen LogP contribution in [0.25, 0.3) is 5.65 Å². The third kappa shape index (κ3) is 2.86. The molecule has 28 heavy (non-hydrogen) atoms. The predicted octanol–water partition coefficient (Wildman–Crippen LogP) is 2.65. The lowest BCUT2D eigenvalue weighted by molar-refractivity contribution is 0.0748. The third-order valence-electron chi connectivity index (χ3n) is 6.67. The molecule has 0 spiro atoms. The van der Waals surface area contributed by atoms with E-state index in [1.54, 1.807) is 16.7 Å². The summed E-state index contributed by atoms with van der Waals surface area (Å²) in [5.74, 6) is 0. The zero-order chi connectivity index (χ0) is 19.1. The molecule has 5 nitrogen and oxygen atoms in total. The van der Waals surface area contributed by atoms with Crippen LogP contribution in [0.4, 0.5) is 0 Å². The van der Waals surface area contributed by atoms with Crippen molar-refractivity contribution in [3.63, 3.8) is 0 Å². The Labute approximate surface area is 164 Å². The Bertz CT molecular complexity index is 1050. The van der Waals surface area contributed by atoms with Crippen LogP contribution in [0.15, 0.2) is 65.6 Å². The first-order valence-corrected chi connectivity index (χ1v) is 10.1. The number of hydrogen-bond acceptors (Lipinski definition) is 4. The molecule has 5 heteroatoms. The Morgan fingerprint density at radius 2 is 1.93 bits per heavy atom. The van der Waals surface area contributed by atoms with E-state index in [0.717, 1.165) is 31.4 Å². The average molecular weight is 375 g/mol. The summed E-state index contributed by atoms with van der Waals surface area (Å²) in [4.78, 5) is 19.6. The van der Waals surface area contributed by atoms with Gasteiger partial charge in [-0.2, -0.15) is 0 Å². The van der Waals surface area contributed by atoms with E-state index in [1.165, 1.54) is 5.56 Å². The van der Waals surface area contributed by atoms with E-state index >= 15 is 0 Å². The van der Waals surface area contributed by atoms with E-state index in [1.807, 2.05) is 24.3 Å². The summed E-state index contributed by atoms with van der Waals surface area (Å²) in [7, 11) is 0. The molecule has 4 heterocycles. The number of benzene rings is 1. The maximum Gasteiger partial charge on any atom is 0.258 e. The first-order chi connectivity index (χ1) is 13.7. The van der Waals surface area contributed by atoms with E-state index in [9.17, 15) is 9.90 Å². The van der Waals surface area contributed by atoms with Gasteiger partial charge in [-0.25, -0.2) is 4.98 Å². The lowest BCUT2D eigenvalue weighted by Gasteiger charge is -2.36. The number of fused-ring (bicyclic) bond motifs is 3. The monoisotopic (exact) mass is 375 g/mol. The molecule has 3 atom stereocenters. The van der Waals surface area contributed by atoms with Crippen molar-refractivity contribution in [1.82, 2.24) is 14.3 Å². The minimum Gasteiger partial charge on any atom is -0.396 e. The van der Waals surface area contributed by atoms with Crippen molar-refractivity contribution < 1.29 is 5.11 Å². The highest BCUT2D eigenvalue weighted by atomic mass is 16.3. The van der Waals surface area contributed by atoms with Gasteiger partial charge in [-0.1, -0.05) is 36.4 Å². The van der Waals surface area contributed by atoms with Gasteiger partial charge in [0, 0.05) is 36.3 Å². The van der Waals surface area contributed by atoms with Crippen molar-refractivity contribution >= 4 is 5.65 Å². The number of rotatable bonds is 5. The molecule has 2 bridgehead atoms. The summed E-state index contributed by atoms with van der Waals surface area (Å²) in [6, 6.07) is 18.5. The Morgan fingerprint density at radius 3 is 2.75 bits per heavy atom. The van der Waals surface area contributed by atoms with Gasteiger partial charge in [-0.05, 0) is 43.4 Å². The molecule has 2 aliphatic heterocycles. The van der Waals surface area contributed by atoms with Crippen LogP contribution in [0.2, 0.25) is 0 Å². The summed E-state index contributed by atoms with van der Waals surface area (Å²) in [6.45, 7) is 0.875. The average Bonchev–Trinajstić information content (AvgIpc) is 3.23. The van der Waals surface area contributed by atoms with E-state index < -0.39 is 0 Å². The molecule has 2 aromatic heterocycles. The van der Waals surface area contributed by atoms with Gasteiger partial charge in [0.05, 0.1) is 12.3 Å². The topological polar surface area (TPSA) is 57.8 Å². The maximum absolute atomic E-state index is 12.4. The van der Waals surface area contributed by atoms with Crippen LogP contribution >= 0.6 is 0 Å². The highest BCUT2D eigenvalue weighted by Crippen LogP contribution is 2.51. The van der Waals surface area contributed by atoms with Gasteiger partial charge in [-0.3, -0.25) is 14.1 Å². The van der Waals surface area contributed by atoms with E-state index in [4.69, 9.17) is 4.98 Å². The molecule has 2 fully saturated rings. The molecule has 1 aromatic carbocycles. The Kier molecular flexibility index (Phi) is 4.29. The largest absolute Gasteiger partial charge is 0.396 e. The minimum absolute atomic E-state index is 0.0372. The number of aliphatic hydroxyl groups excluding tert-OH is 1. The lowest BCUT2D eigenvalue weighted by Crippen LogP contribution is -2.41. The van der Waals surface area contributed by atoms with Crippen molar-refractivity contribution in [1.29, 1.82) is 0 Å². The standard InChI is InChI=1S/C23H25N3O2/c27-16-23(13-17-6-2-1-3-7-17)14-19-9-10-20(23)26(19)15-18-12-22(28)25-11-5-4-8-21(25)24-18/h1-8,11-12,19-20,27H,9-10,13-16H2/t19-,20+,23-/m1/s1. The molecule has 0 unspecified atom stereocenters. The first-order valence-electron chi connectivity index (χ1n) is 10.1. The molecule has 1 N–H and O–H groups in total. The number of aliphatic hydroxyl groups is 1. The zero-order valence-corrected chi connectivity index (χ0v) is 15.9. The number of aromatic nitrogens is 2. The van der Waals surface area contributed by atoms with Crippen molar-refractivity contribution in [2.24, 2.45) is 5.41 Å². The van der Waals surface area contributed by atoms with Gasteiger partial charge in [-0.15, -0.1) is 0 Å². The third-order valence-corrected chi connectivity index (χ3v) is 6.67. The van der Waals surface area contributed by atoms with E-state index in [0.29, 0.717) is 24.3 Å². The van der Waals surface area contributed by atoms with Gasteiger partial charge in [0.1, 0.15) is 5.65 Å². The van der Waals surface area contributed by atoms with Gasteiger partial charge in [0.25, 0.3) is 5.56 Å². The second-order valence-corrected chi connectivity index (χ2v) is 8.32. The van der Waals surface area contributed by atoms with Crippen LogP contribution in [0.5, 0.6) is 0 Å². The second-order valence-electron chi connectivity index (χ2n) is 8.32. The van der Waals surface area contributed by atoms with Gasteiger partial charge in [0.2, 0.25) is 0 Å². The van der Waals surface area contributed by atoms with Crippen LogP contribution in [-0.2, 0) is 13.0 Å². The van der Waals surface area contributed by atoms with Crippen LogP contribution < -0.4 is 5.56 Å². The first kappa shape index (κ1) is 17.6. The summed E-state index contributed by atoms with van der Waals surface area (Å²) < 4.78 is 1.58. The normalized spacial score (nSPS) is 26.9. The van der Waals surface area contributed by atoms with Crippen LogP contribution in [0.3, 0.4) is 0 Å². The summed E-state index contributed by atoms with van der Waals surface area (Å²) in [5, 5.41) is 10.4. The quantitative estimate of drug-likeness (QED) is 0.745. The van der Waals surface area contributed by atoms with Crippen LogP contribution in [0.1, 0.15) is 30.5 Å². The number of pyridine rings is 1. The highest BCUT2D eigenvalue weighted by molar-refractivity contribution is 5.38. The molecule has 3 aromatic rings. The molecular formula is C23H25N3O2. The smallest absolute Gasteiger partial charge is 0.258 e. The summed E-state index contributed by atoms with van der Waals surface area (Å²) in [6.07, 6.45) is 5.93. The SMILES string of the molecule is O=c1cc(CN2[C@@H]3CC[C@H]2[C@](CO)(Cc2ccccc2)C3)nc2ccccn12. The van der Waals surface area contributed by atoms with Crippen molar-refractivity contribution in [2.45, 2.75) is 44.3 Å². The Morgan fingerprint density at radius 1 is 1.11 bits per heavy atom. The minimum atomic E-state index is -0.101. The summed E-state index contributed by atoms with van der Waals surface area (Å²) in [5.41, 5.74) is 2.66. The molecule has 2 saturated heterocycles. The van der Waals surface area contributed by atoms with Crippen LogP contribution in [-0.4, -0.2) is 38.1 Å². The van der Waals surface area contributed by atoms with Gasteiger partial charge < -0.3 is 5.11 Å². The fourth-order valence-corrected chi connectivity index (χ4v) is 5.45. The fraction of sp³-hybridized carbons (Fsp3) is 0.391.